The van der Waals surface area contributed by atoms with Crippen LogP contribution in [0, 0.1) is 0 Å². The van der Waals surface area contributed by atoms with Crippen LogP contribution in [0.1, 0.15) is 13.3 Å². The Bertz CT molecular complexity index is 465. The zero-order valence-electron chi connectivity index (χ0n) is 8.55. The highest BCUT2D eigenvalue weighted by molar-refractivity contribution is 7.92. The van der Waals surface area contributed by atoms with Crippen molar-refractivity contribution in [3.8, 4) is 0 Å². The van der Waals surface area contributed by atoms with Gasteiger partial charge in [0.25, 0.3) is 0 Å². The van der Waals surface area contributed by atoms with Crippen molar-refractivity contribution in [3.63, 3.8) is 0 Å². The molecule has 0 atom stereocenters. The molecule has 0 radical (unpaired) electrons. The van der Waals surface area contributed by atoms with E-state index in [9.17, 15) is 8.42 Å². The Hall–Kier alpha value is -1.24. The molecule has 6 nitrogen and oxygen atoms in total. The molecule has 2 heterocycles. The Morgan fingerprint density at radius 2 is 2.27 bits per heavy atom. The van der Waals surface area contributed by atoms with Crippen LogP contribution in [0.5, 0.6) is 0 Å². The number of aryl methyl sites for hydroxylation is 1. The first-order chi connectivity index (χ1) is 7.06. The lowest BCUT2D eigenvalue weighted by Crippen LogP contribution is -2.38. The van der Waals surface area contributed by atoms with Crippen LogP contribution in [0.15, 0.2) is 6.20 Å². The summed E-state index contributed by atoms with van der Waals surface area (Å²) in [5.74, 6) is 0.598. The fraction of sp³-hybridized carbons (Fsp3) is 0.625. The number of nitrogens with zero attached hydrogens (tertiary/aromatic N) is 3. The van der Waals surface area contributed by atoms with Crippen molar-refractivity contribution in [2.75, 3.05) is 22.3 Å². The molecule has 1 aliphatic heterocycles. The third-order valence-corrected chi connectivity index (χ3v) is 4.26. The van der Waals surface area contributed by atoms with Crippen LogP contribution in [0.3, 0.4) is 0 Å². The van der Waals surface area contributed by atoms with Crippen molar-refractivity contribution in [2.45, 2.75) is 19.9 Å². The molecule has 1 aromatic rings. The summed E-state index contributed by atoms with van der Waals surface area (Å²) in [7, 11) is -3.23. The number of fused-ring (bicyclic) bond motifs is 1. The molecule has 1 aliphatic rings. The Balaban J connectivity index is 2.50. The molecule has 2 N–H and O–H groups in total. The Kier molecular flexibility index (Phi) is 2.34. The third kappa shape index (κ3) is 1.56. The lowest BCUT2D eigenvalue weighted by atomic mass is 10.3. The lowest BCUT2D eigenvalue weighted by Gasteiger charge is -2.28. The van der Waals surface area contributed by atoms with Gasteiger partial charge in [-0.3, -0.25) is 4.31 Å². The van der Waals surface area contributed by atoms with Gasteiger partial charge in [-0.1, -0.05) is 0 Å². The molecule has 0 aromatic carbocycles. The SMILES string of the molecule is CCS(=O)(=O)N1CCCn2ncc(N)c21. The predicted octanol–water partition coefficient (Wildman–Crippen LogP) is 0.0251. The molecule has 0 aliphatic carbocycles. The largest absolute Gasteiger partial charge is 0.394 e. The maximum Gasteiger partial charge on any atom is 0.236 e. The van der Waals surface area contributed by atoms with E-state index in [0.717, 1.165) is 13.0 Å². The molecule has 0 bridgehead atoms. The normalized spacial score (nSPS) is 16.5. The molecule has 0 unspecified atom stereocenters. The summed E-state index contributed by atoms with van der Waals surface area (Å²) in [6.07, 6.45) is 2.27. The zero-order chi connectivity index (χ0) is 11.1. The van der Waals surface area contributed by atoms with Gasteiger partial charge in [-0.25, -0.2) is 13.1 Å². The molecule has 1 aromatic heterocycles. The number of hydrogen-bond donors (Lipinski definition) is 1. The molecule has 2 rings (SSSR count). The molecule has 7 heteroatoms. The van der Waals surface area contributed by atoms with Crippen molar-refractivity contribution in [3.05, 3.63) is 6.20 Å². The van der Waals surface area contributed by atoms with Crippen molar-refractivity contribution < 1.29 is 8.42 Å². The van der Waals surface area contributed by atoms with Gasteiger partial charge in [0.15, 0.2) is 5.82 Å². The Morgan fingerprint density at radius 1 is 1.53 bits per heavy atom. The van der Waals surface area contributed by atoms with Crippen molar-refractivity contribution in [2.24, 2.45) is 0 Å². The first-order valence-corrected chi connectivity index (χ1v) is 6.49. The topological polar surface area (TPSA) is 81.2 Å². The fourth-order valence-electron chi connectivity index (χ4n) is 1.73. The van der Waals surface area contributed by atoms with Gasteiger partial charge in [0, 0.05) is 13.1 Å². The van der Waals surface area contributed by atoms with Crippen LogP contribution in [0.25, 0.3) is 0 Å². The summed E-state index contributed by atoms with van der Waals surface area (Å²) in [6.45, 7) is 2.84. The second-order valence-corrected chi connectivity index (χ2v) is 5.65. The predicted molar refractivity (Wildman–Crippen MR) is 58.1 cm³/mol. The quantitative estimate of drug-likeness (QED) is 0.777. The second-order valence-electron chi connectivity index (χ2n) is 3.47. The van der Waals surface area contributed by atoms with Crippen LogP contribution in [0.2, 0.25) is 0 Å². The summed E-state index contributed by atoms with van der Waals surface area (Å²) in [4.78, 5) is 0. The summed E-state index contributed by atoms with van der Waals surface area (Å²) in [5, 5.41) is 4.04. The summed E-state index contributed by atoms with van der Waals surface area (Å²) in [5.41, 5.74) is 6.14. The molecule has 0 spiro atoms. The van der Waals surface area contributed by atoms with Crippen molar-refractivity contribution >= 4 is 21.5 Å². The van der Waals surface area contributed by atoms with Gasteiger partial charge < -0.3 is 5.73 Å². The smallest absolute Gasteiger partial charge is 0.236 e. The molecular weight excluding hydrogens is 216 g/mol. The molecule has 0 saturated carbocycles. The van der Waals surface area contributed by atoms with Gasteiger partial charge in [-0.2, -0.15) is 5.10 Å². The molecule has 84 valence electrons. The third-order valence-electron chi connectivity index (χ3n) is 2.51. The number of nitrogen functional groups attached to an aromatic ring is 1. The lowest BCUT2D eigenvalue weighted by molar-refractivity contribution is 0.533. The van der Waals surface area contributed by atoms with Gasteiger partial charge in [0.2, 0.25) is 10.0 Å². The molecule has 0 fully saturated rings. The highest BCUT2D eigenvalue weighted by Crippen LogP contribution is 2.29. The number of nitrogens with two attached hydrogens (primary N) is 1. The fourth-order valence-corrected chi connectivity index (χ4v) is 2.91. The summed E-state index contributed by atoms with van der Waals surface area (Å²) >= 11 is 0. The molecule has 0 amide bonds. The highest BCUT2D eigenvalue weighted by atomic mass is 32.2. The average Bonchev–Trinajstić information content (AvgIpc) is 2.60. The van der Waals surface area contributed by atoms with Gasteiger partial charge in [-0.05, 0) is 13.3 Å². The van der Waals surface area contributed by atoms with E-state index < -0.39 is 10.0 Å². The minimum Gasteiger partial charge on any atom is -0.394 e. The average molecular weight is 230 g/mol. The maximum atomic E-state index is 11.8. The number of rotatable bonds is 2. The summed E-state index contributed by atoms with van der Waals surface area (Å²) < 4.78 is 26.6. The highest BCUT2D eigenvalue weighted by Gasteiger charge is 2.28. The zero-order valence-corrected chi connectivity index (χ0v) is 9.37. The minimum atomic E-state index is -3.23. The van der Waals surface area contributed by atoms with Gasteiger partial charge in [0.1, 0.15) is 0 Å². The van der Waals surface area contributed by atoms with E-state index in [0.29, 0.717) is 18.1 Å². The molecular formula is C8H14N4O2S. The van der Waals surface area contributed by atoms with Crippen molar-refractivity contribution in [1.82, 2.24) is 9.78 Å². The van der Waals surface area contributed by atoms with Gasteiger partial charge >= 0.3 is 0 Å². The van der Waals surface area contributed by atoms with E-state index in [1.165, 1.54) is 10.5 Å². The van der Waals surface area contributed by atoms with Gasteiger partial charge in [0.05, 0.1) is 17.6 Å². The monoisotopic (exact) mass is 230 g/mol. The van der Waals surface area contributed by atoms with Crippen LogP contribution < -0.4 is 10.0 Å². The maximum absolute atomic E-state index is 11.8. The van der Waals surface area contributed by atoms with E-state index in [2.05, 4.69) is 5.10 Å². The van der Waals surface area contributed by atoms with E-state index in [4.69, 9.17) is 5.73 Å². The van der Waals surface area contributed by atoms with E-state index in [1.54, 1.807) is 11.6 Å². The first kappa shape index (κ1) is 10.3. The minimum absolute atomic E-state index is 0.0810. The van der Waals surface area contributed by atoms with Crippen LogP contribution >= 0.6 is 0 Å². The van der Waals surface area contributed by atoms with Crippen LogP contribution in [0.4, 0.5) is 11.5 Å². The molecule has 15 heavy (non-hydrogen) atoms. The standard InChI is InChI=1S/C8H14N4O2S/c1-2-15(13,14)12-5-3-4-11-8(12)7(9)6-10-11/h6H,2-5,9H2,1H3. The van der Waals surface area contributed by atoms with E-state index >= 15 is 0 Å². The van der Waals surface area contributed by atoms with Crippen LogP contribution in [-0.4, -0.2) is 30.5 Å². The Labute approximate surface area is 88.7 Å². The number of aromatic nitrogens is 2. The number of sulfonamides is 1. The second kappa shape index (κ2) is 3.41. The number of hydrogen-bond acceptors (Lipinski definition) is 4. The first-order valence-electron chi connectivity index (χ1n) is 4.88. The van der Waals surface area contributed by atoms with Crippen molar-refractivity contribution in [1.29, 1.82) is 0 Å². The van der Waals surface area contributed by atoms with E-state index in [1.807, 2.05) is 0 Å². The molecule has 0 saturated heterocycles. The summed E-state index contributed by atoms with van der Waals surface area (Å²) in [6, 6.07) is 0. The van der Waals surface area contributed by atoms with Crippen LogP contribution in [-0.2, 0) is 16.6 Å². The Morgan fingerprint density at radius 3 is 2.93 bits per heavy atom. The van der Waals surface area contributed by atoms with Gasteiger partial charge in [-0.15, -0.1) is 0 Å². The number of anilines is 2. The van der Waals surface area contributed by atoms with E-state index in [-0.39, 0.29) is 5.75 Å².